The van der Waals surface area contributed by atoms with Crippen LogP contribution in [0.3, 0.4) is 0 Å². The van der Waals surface area contributed by atoms with E-state index in [0.29, 0.717) is 6.04 Å². The highest BCUT2D eigenvalue weighted by Crippen LogP contribution is 2.18. The number of morpholine rings is 1. The van der Waals surface area contributed by atoms with Crippen molar-refractivity contribution in [2.75, 3.05) is 24.7 Å². The molecule has 1 fully saturated rings. The van der Waals surface area contributed by atoms with Crippen LogP contribution in [0, 0.1) is 0 Å². The molecule has 0 spiro atoms. The Bertz CT molecular complexity index is 310. The first-order chi connectivity index (χ1) is 7.31. The Balaban J connectivity index is 2.13. The Hall–Kier alpha value is -1.09. The van der Waals surface area contributed by atoms with E-state index >= 15 is 0 Å². The fraction of sp³-hybridized carbons (Fsp3) is 0.583. The largest absolute Gasteiger partial charge is 0.377 e. The second-order valence-corrected chi connectivity index (χ2v) is 3.98. The third-order valence-corrected chi connectivity index (χ3v) is 2.87. The van der Waals surface area contributed by atoms with Crippen molar-refractivity contribution in [3.63, 3.8) is 0 Å². The van der Waals surface area contributed by atoms with Gasteiger partial charge in [-0.3, -0.25) is 4.98 Å². The van der Waals surface area contributed by atoms with Crippen LogP contribution in [0.5, 0.6) is 0 Å². The Kier molecular flexibility index (Phi) is 3.21. The fourth-order valence-corrected chi connectivity index (χ4v) is 1.91. The van der Waals surface area contributed by atoms with E-state index in [4.69, 9.17) is 4.74 Å². The van der Waals surface area contributed by atoms with E-state index < -0.39 is 0 Å². The lowest BCUT2D eigenvalue weighted by Crippen LogP contribution is -2.43. The van der Waals surface area contributed by atoms with Crippen molar-refractivity contribution in [2.45, 2.75) is 26.3 Å². The molecule has 0 amide bonds. The standard InChI is InChI=1S/C12H18N2O/c1-3-11-4-5-12(8-13-11)14-6-7-15-9-10(14)2/h4-5,8,10H,3,6-7,9H2,1-2H3. The van der Waals surface area contributed by atoms with Gasteiger partial charge in [0, 0.05) is 18.3 Å². The number of hydrogen-bond donors (Lipinski definition) is 0. The molecule has 0 radical (unpaired) electrons. The van der Waals surface area contributed by atoms with Crippen LogP contribution in [0.25, 0.3) is 0 Å². The number of aromatic nitrogens is 1. The zero-order valence-corrected chi connectivity index (χ0v) is 9.44. The summed E-state index contributed by atoms with van der Waals surface area (Å²) in [7, 11) is 0. The van der Waals surface area contributed by atoms with Gasteiger partial charge in [-0.2, -0.15) is 0 Å². The first-order valence-corrected chi connectivity index (χ1v) is 5.60. The van der Waals surface area contributed by atoms with Crippen LogP contribution in [-0.2, 0) is 11.2 Å². The van der Waals surface area contributed by atoms with E-state index in [1.807, 2.05) is 6.20 Å². The first kappa shape index (κ1) is 10.4. The quantitative estimate of drug-likeness (QED) is 0.738. The third-order valence-electron chi connectivity index (χ3n) is 2.87. The van der Waals surface area contributed by atoms with Crippen LogP contribution in [0.1, 0.15) is 19.5 Å². The van der Waals surface area contributed by atoms with Crippen molar-refractivity contribution in [3.8, 4) is 0 Å². The molecule has 1 aromatic heterocycles. The van der Waals surface area contributed by atoms with E-state index in [2.05, 4.69) is 35.9 Å². The smallest absolute Gasteiger partial charge is 0.0668 e. The number of rotatable bonds is 2. The molecule has 0 bridgehead atoms. The van der Waals surface area contributed by atoms with Gasteiger partial charge in [0.25, 0.3) is 0 Å². The Morgan fingerprint density at radius 3 is 3.00 bits per heavy atom. The van der Waals surface area contributed by atoms with Gasteiger partial charge < -0.3 is 9.64 Å². The van der Waals surface area contributed by atoms with E-state index in [-0.39, 0.29) is 0 Å². The molecule has 3 nitrogen and oxygen atoms in total. The number of aryl methyl sites for hydroxylation is 1. The molecule has 0 saturated carbocycles. The molecule has 1 aliphatic rings. The number of pyridine rings is 1. The summed E-state index contributed by atoms with van der Waals surface area (Å²) in [6.45, 7) is 6.91. The molecule has 3 heteroatoms. The summed E-state index contributed by atoms with van der Waals surface area (Å²) in [5.74, 6) is 0. The van der Waals surface area contributed by atoms with E-state index in [0.717, 1.165) is 31.9 Å². The van der Waals surface area contributed by atoms with Crippen LogP contribution in [0.2, 0.25) is 0 Å². The van der Waals surface area contributed by atoms with Crippen LogP contribution in [0.4, 0.5) is 5.69 Å². The molecular formula is C12H18N2O. The molecule has 1 aromatic rings. The van der Waals surface area contributed by atoms with Gasteiger partial charge in [0.2, 0.25) is 0 Å². The van der Waals surface area contributed by atoms with Gasteiger partial charge in [0.15, 0.2) is 0 Å². The molecule has 15 heavy (non-hydrogen) atoms. The lowest BCUT2D eigenvalue weighted by molar-refractivity contribution is 0.0989. The van der Waals surface area contributed by atoms with E-state index in [9.17, 15) is 0 Å². The lowest BCUT2D eigenvalue weighted by Gasteiger charge is -2.35. The van der Waals surface area contributed by atoms with Crippen molar-refractivity contribution in [3.05, 3.63) is 24.0 Å². The summed E-state index contributed by atoms with van der Waals surface area (Å²) in [6, 6.07) is 4.72. The van der Waals surface area contributed by atoms with Gasteiger partial charge >= 0.3 is 0 Å². The van der Waals surface area contributed by atoms with Gasteiger partial charge in [-0.1, -0.05) is 6.92 Å². The molecule has 0 aliphatic carbocycles. The molecular weight excluding hydrogens is 188 g/mol. The van der Waals surface area contributed by atoms with Crippen molar-refractivity contribution in [1.82, 2.24) is 4.98 Å². The first-order valence-electron chi connectivity index (χ1n) is 5.60. The highest BCUT2D eigenvalue weighted by molar-refractivity contribution is 5.46. The lowest BCUT2D eigenvalue weighted by atomic mass is 10.2. The van der Waals surface area contributed by atoms with Crippen molar-refractivity contribution in [1.29, 1.82) is 0 Å². The highest BCUT2D eigenvalue weighted by Gasteiger charge is 2.18. The average molecular weight is 206 g/mol. The monoisotopic (exact) mass is 206 g/mol. The van der Waals surface area contributed by atoms with Gasteiger partial charge in [-0.15, -0.1) is 0 Å². The maximum absolute atomic E-state index is 5.42. The second kappa shape index (κ2) is 4.62. The van der Waals surface area contributed by atoms with Crippen LogP contribution in [0.15, 0.2) is 18.3 Å². The summed E-state index contributed by atoms with van der Waals surface area (Å²) in [5.41, 5.74) is 2.36. The summed E-state index contributed by atoms with van der Waals surface area (Å²) in [4.78, 5) is 6.78. The van der Waals surface area contributed by atoms with Gasteiger partial charge in [-0.25, -0.2) is 0 Å². The van der Waals surface area contributed by atoms with Crippen LogP contribution in [-0.4, -0.2) is 30.8 Å². The van der Waals surface area contributed by atoms with Crippen LogP contribution < -0.4 is 4.90 Å². The topological polar surface area (TPSA) is 25.4 Å². The summed E-state index contributed by atoms with van der Waals surface area (Å²) in [6.07, 6.45) is 2.97. The molecule has 1 atom stereocenters. The number of ether oxygens (including phenoxy) is 1. The second-order valence-electron chi connectivity index (χ2n) is 3.98. The SMILES string of the molecule is CCc1ccc(N2CCOCC2C)cn1. The van der Waals surface area contributed by atoms with Gasteiger partial charge in [0.05, 0.1) is 25.1 Å². The molecule has 82 valence electrons. The van der Waals surface area contributed by atoms with E-state index in [1.165, 1.54) is 5.69 Å². The molecule has 1 unspecified atom stereocenters. The molecule has 2 rings (SSSR count). The zero-order chi connectivity index (χ0) is 10.7. The van der Waals surface area contributed by atoms with Gasteiger partial charge in [0.1, 0.15) is 0 Å². The predicted molar refractivity (Wildman–Crippen MR) is 61.2 cm³/mol. The molecule has 0 N–H and O–H groups in total. The Morgan fingerprint density at radius 1 is 1.53 bits per heavy atom. The summed E-state index contributed by atoms with van der Waals surface area (Å²) in [5, 5.41) is 0. The number of nitrogens with zero attached hydrogens (tertiary/aromatic N) is 2. The molecule has 1 aliphatic heterocycles. The van der Waals surface area contributed by atoms with Crippen molar-refractivity contribution >= 4 is 5.69 Å². The number of anilines is 1. The van der Waals surface area contributed by atoms with E-state index in [1.54, 1.807) is 0 Å². The maximum atomic E-state index is 5.42. The fourth-order valence-electron chi connectivity index (χ4n) is 1.91. The summed E-state index contributed by atoms with van der Waals surface area (Å²) < 4.78 is 5.42. The third kappa shape index (κ3) is 2.29. The minimum Gasteiger partial charge on any atom is -0.377 e. The molecule has 1 saturated heterocycles. The molecule has 0 aromatic carbocycles. The van der Waals surface area contributed by atoms with Crippen molar-refractivity contribution < 1.29 is 4.74 Å². The minimum atomic E-state index is 0.452. The zero-order valence-electron chi connectivity index (χ0n) is 9.44. The Morgan fingerprint density at radius 2 is 2.40 bits per heavy atom. The van der Waals surface area contributed by atoms with Gasteiger partial charge in [-0.05, 0) is 25.5 Å². The summed E-state index contributed by atoms with van der Waals surface area (Å²) >= 11 is 0. The number of hydrogen-bond acceptors (Lipinski definition) is 3. The average Bonchev–Trinajstić information content (AvgIpc) is 2.30. The normalized spacial score (nSPS) is 21.7. The van der Waals surface area contributed by atoms with Crippen molar-refractivity contribution in [2.24, 2.45) is 0 Å². The highest BCUT2D eigenvalue weighted by atomic mass is 16.5. The molecule has 2 heterocycles. The maximum Gasteiger partial charge on any atom is 0.0668 e. The predicted octanol–water partition coefficient (Wildman–Crippen LogP) is 1.87. The minimum absolute atomic E-state index is 0.452. The van der Waals surface area contributed by atoms with Crippen LogP contribution >= 0.6 is 0 Å². The Labute approximate surface area is 91.1 Å².